The van der Waals surface area contributed by atoms with Crippen LogP contribution in [0, 0.1) is 0 Å². The number of hydrogen-bond acceptors (Lipinski definition) is 3. The van der Waals surface area contributed by atoms with E-state index in [1.807, 2.05) is 12.1 Å². The van der Waals surface area contributed by atoms with Gasteiger partial charge in [-0.3, -0.25) is 9.89 Å². The molecule has 3 aliphatic rings. The fourth-order valence-corrected chi connectivity index (χ4v) is 5.17. The second-order valence-electron chi connectivity index (χ2n) is 8.04. The van der Waals surface area contributed by atoms with Gasteiger partial charge in [0.2, 0.25) is 0 Å². The van der Waals surface area contributed by atoms with Gasteiger partial charge in [0.05, 0.1) is 17.8 Å². The van der Waals surface area contributed by atoms with Crippen molar-refractivity contribution in [1.82, 2.24) is 9.80 Å². The fraction of sp³-hybridized carbons (Fsp3) is 0.435. The highest BCUT2D eigenvalue weighted by Gasteiger charge is 2.65. The molecule has 2 aromatic rings. The van der Waals surface area contributed by atoms with Crippen LogP contribution in [0.25, 0.3) is 0 Å². The summed E-state index contributed by atoms with van der Waals surface area (Å²) in [5.74, 6) is 0. The summed E-state index contributed by atoms with van der Waals surface area (Å²) in [6.07, 6.45) is 3.49. The van der Waals surface area contributed by atoms with Crippen LogP contribution in [0.4, 0.5) is 0 Å². The number of rotatable bonds is 4. The van der Waals surface area contributed by atoms with Gasteiger partial charge in [0.25, 0.3) is 0 Å². The molecule has 2 fully saturated rings. The summed E-state index contributed by atoms with van der Waals surface area (Å²) in [4.78, 5) is 10.6. The molecule has 27 heavy (non-hydrogen) atoms. The number of nitrogens with zero attached hydrogens (tertiary/aromatic N) is 3. The Morgan fingerprint density at radius 1 is 1.00 bits per heavy atom. The van der Waals surface area contributed by atoms with E-state index < -0.39 is 0 Å². The van der Waals surface area contributed by atoms with Crippen molar-refractivity contribution in [2.24, 2.45) is 4.99 Å². The Kier molecular flexibility index (Phi) is 4.34. The van der Waals surface area contributed by atoms with Crippen molar-refractivity contribution in [3.05, 3.63) is 70.7 Å². The van der Waals surface area contributed by atoms with E-state index in [1.54, 1.807) is 0 Å². The standard InChI is InChI=1S/C23H26ClN3/c1-2-14-26-15-12-23(13-16-26)25-20(17-8-10-19(24)11-9-17)22-21(27(22)23)18-6-4-3-5-7-18/h3-11,21-22H,2,12-16H2,1H3/t21-,22+,27?/m0/s1. The third-order valence-corrected chi connectivity index (χ3v) is 6.63. The number of hydrogen-bond donors (Lipinski definition) is 0. The molecule has 4 heteroatoms. The predicted octanol–water partition coefficient (Wildman–Crippen LogP) is 4.77. The van der Waals surface area contributed by atoms with Crippen molar-refractivity contribution >= 4 is 17.3 Å². The smallest absolute Gasteiger partial charge is 0.117 e. The van der Waals surface area contributed by atoms with Gasteiger partial charge in [0.1, 0.15) is 5.66 Å². The molecule has 2 aromatic carbocycles. The SMILES string of the molecule is CCCN1CCC2(CC1)N=C(c1ccc(Cl)cc1)[C@@H]1[C@H](c3ccccc3)N12. The number of halogens is 1. The topological polar surface area (TPSA) is 18.6 Å². The number of benzene rings is 2. The lowest BCUT2D eigenvalue weighted by molar-refractivity contribution is 0.0956. The first-order valence-corrected chi connectivity index (χ1v) is 10.5. The van der Waals surface area contributed by atoms with Crippen molar-refractivity contribution in [2.75, 3.05) is 19.6 Å². The van der Waals surface area contributed by atoms with Gasteiger partial charge in [0, 0.05) is 18.1 Å². The molecule has 3 atom stereocenters. The van der Waals surface area contributed by atoms with Crippen LogP contribution in [0.5, 0.6) is 0 Å². The van der Waals surface area contributed by atoms with Crippen LogP contribution in [0.1, 0.15) is 43.4 Å². The van der Waals surface area contributed by atoms with Crippen molar-refractivity contribution in [1.29, 1.82) is 0 Å². The second-order valence-corrected chi connectivity index (χ2v) is 8.47. The maximum absolute atomic E-state index is 6.12. The lowest BCUT2D eigenvalue weighted by Gasteiger charge is -2.39. The van der Waals surface area contributed by atoms with E-state index in [-0.39, 0.29) is 5.66 Å². The van der Waals surface area contributed by atoms with Crippen molar-refractivity contribution in [2.45, 2.75) is 43.9 Å². The summed E-state index contributed by atoms with van der Waals surface area (Å²) in [5.41, 5.74) is 3.87. The second kappa shape index (κ2) is 6.73. The number of likely N-dealkylation sites (tertiary alicyclic amines) is 1. The predicted molar refractivity (Wildman–Crippen MR) is 111 cm³/mol. The third-order valence-electron chi connectivity index (χ3n) is 6.38. The van der Waals surface area contributed by atoms with Crippen molar-refractivity contribution < 1.29 is 0 Å². The quantitative estimate of drug-likeness (QED) is 0.712. The normalized spacial score (nSPS) is 28.8. The van der Waals surface area contributed by atoms with E-state index in [9.17, 15) is 0 Å². The first-order chi connectivity index (χ1) is 13.2. The molecule has 0 radical (unpaired) electrons. The van der Waals surface area contributed by atoms with Gasteiger partial charge in [0.15, 0.2) is 0 Å². The monoisotopic (exact) mass is 379 g/mol. The molecular formula is C23H26ClN3. The molecule has 140 valence electrons. The molecule has 0 N–H and O–H groups in total. The highest BCUT2D eigenvalue weighted by atomic mass is 35.5. The fourth-order valence-electron chi connectivity index (χ4n) is 5.05. The van der Waals surface area contributed by atoms with E-state index in [1.165, 1.54) is 29.8 Å². The number of piperidine rings is 1. The highest BCUT2D eigenvalue weighted by molar-refractivity contribution is 6.30. The molecule has 3 heterocycles. The van der Waals surface area contributed by atoms with Gasteiger partial charge in [-0.1, -0.05) is 61.0 Å². The minimum absolute atomic E-state index is 0.0234. The van der Waals surface area contributed by atoms with E-state index in [0.717, 1.165) is 31.0 Å². The first kappa shape index (κ1) is 17.4. The maximum atomic E-state index is 6.12. The Morgan fingerprint density at radius 2 is 1.70 bits per heavy atom. The summed E-state index contributed by atoms with van der Waals surface area (Å²) in [6, 6.07) is 20.0. The first-order valence-electron chi connectivity index (χ1n) is 10.1. The molecule has 0 saturated carbocycles. The van der Waals surface area contributed by atoms with Crippen LogP contribution in [0.15, 0.2) is 59.6 Å². The van der Waals surface area contributed by atoms with Gasteiger partial charge in [-0.05, 0) is 49.1 Å². The zero-order chi connectivity index (χ0) is 18.4. The molecule has 0 aliphatic carbocycles. The minimum atomic E-state index is -0.0234. The summed E-state index contributed by atoms with van der Waals surface area (Å²) >= 11 is 6.12. The molecule has 0 aromatic heterocycles. The third kappa shape index (κ3) is 2.93. The lowest BCUT2D eigenvalue weighted by Crippen LogP contribution is -2.47. The summed E-state index contributed by atoms with van der Waals surface area (Å²) in [6.45, 7) is 5.77. The van der Waals surface area contributed by atoms with Crippen LogP contribution in [-0.2, 0) is 0 Å². The van der Waals surface area contributed by atoms with Gasteiger partial charge in [-0.2, -0.15) is 0 Å². The van der Waals surface area contributed by atoms with E-state index in [2.05, 4.69) is 59.2 Å². The average Bonchev–Trinajstić information content (AvgIpc) is 3.38. The van der Waals surface area contributed by atoms with Gasteiger partial charge >= 0.3 is 0 Å². The molecule has 1 spiro atoms. The zero-order valence-corrected chi connectivity index (χ0v) is 16.6. The molecule has 3 nitrogen and oxygen atoms in total. The Bertz CT molecular complexity index is 838. The van der Waals surface area contributed by atoms with Gasteiger partial charge in [-0.15, -0.1) is 0 Å². The van der Waals surface area contributed by atoms with Crippen LogP contribution in [0.2, 0.25) is 5.02 Å². The zero-order valence-electron chi connectivity index (χ0n) is 15.8. The Morgan fingerprint density at radius 3 is 2.37 bits per heavy atom. The molecule has 0 amide bonds. The molecule has 3 aliphatic heterocycles. The van der Waals surface area contributed by atoms with E-state index in [0.29, 0.717) is 12.1 Å². The maximum Gasteiger partial charge on any atom is 0.117 e. The Hall–Kier alpha value is -1.68. The van der Waals surface area contributed by atoms with E-state index in [4.69, 9.17) is 16.6 Å². The molecule has 0 bridgehead atoms. The van der Waals surface area contributed by atoms with Crippen molar-refractivity contribution in [3.63, 3.8) is 0 Å². The van der Waals surface area contributed by atoms with Crippen LogP contribution < -0.4 is 0 Å². The summed E-state index contributed by atoms with van der Waals surface area (Å²) < 4.78 is 0. The van der Waals surface area contributed by atoms with Crippen LogP contribution in [0.3, 0.4) is 0 Å². The summed E-state index contributed by atoms with van der Waals surface area (Å²) in [7, 11) is 0. The van der Waals surface area contributed by atoms with Crippen LogP contribution >= 0.6 is 11.6 Å². The minimum Gasteiger partial charge on any atom is -0.303 e. The Labute approximate surface area is 166 Å². The average molecular weight is 380 g/mol. The Balaban J connectivity index is 1.49. The highest BCUT2D eigenvalue weighted by Crippen LogP contribution is 2.58. The van der Waals surface area contributed by atoms with E-state index >= 15 is 0 Å². The number of fused-ring (bicyclic) bond motifs is 2. The molecule has 5 rings (SSSR count). The summed E-state index contributed by atoms with van der Waals surface area (Å²) in [5, 5.41) is 0.784. The molecule has 1 unspecified atom stereocenters. The largest absolute Gasteiger partial charge is 0.303 e. The van der Waals surface area contributed by atoms with Crippen LogP contribution in [-0.4, -0.2) is 46.9 Å². The lowest BCUT2D eigenvalue weighted by atomic mass is 9.95. The molecular weight excluding hydrogens is 354 g/mol. The van der Waals surface area contributed by atoms with Crippen molar-refractivity contribution in [3.8, 4) is 0 Å². The van der Waals surface area contributed by atoms with Gasteiger partial charge < -0.3 is 4.90 Å². The molecule has 2 saturated heterocycles. The number of aliphatic imine (C=N–C) groups is 1. The van der Waals surface area contributed by atoms with Gasteiger partial charge in [-0.25, -0.2) is 0 Å².